The van der Waals surface area contributed by atoms with Crippen molar-refractivity contribution >= 4 is 21.7 Å². The van der Waals surface area contributed by atoms with Crippen LogP contribution < -0.4 is 10.0 Å². The van der Waals surface area contributed by atoms with Crippen LogP contribution in [0.1, 0.15) is 19.1 Å². The zero-order chi connectivity index (χ0) is 15.3. The molecule has 0 saturated heterocycles. The van der Waals surface area contributed by atoms with E-state index in [1.807, 2.05) is 4.72 Å². The summed E-state index contributed by atoms with van der Waals surface area (Å²) in [6.45, 7) is 1.86. The van der Waals surface area contributed by atoms with Crippen molar-refractivity contribution in [2.45, 2.75) is 24.8 Å². The number of amides is 1. The molecule has 0 aliphatic heterocycles. The van der Waals surface area contributed by atoms with Crippen molar-refractivity contribution in [3.8, 4) is 0 Å². The number of aromatic nitrogens is 1. The zero-order valence-corrected chi connectivity index (χ0v) is 12.2. The monoisotopic (exact) mass is 309 g/mol. The Morgan fingerprint density at radius 2 is 2.14 bits per heavy atom. The Morgan fingerprint density at radius 1 is 1.33 bits per heavy atom. The van der Waals surface area contributed by atoms with E-state index in [1.54, 1.807) is 19.1 Å². The van der Waals surface area contributed by atoms with Crippen molar-refractivity contribution in [3.63, 3.8) is 0 Å². The van der Waals surface area contributed by atoms with E-state index in [0.717, 1.165) is 0 Å². The van der Waals surface area contributed by atoms with E-state index in [2.05, 4.69) is 10.3 Å². The van der Waals surface area contributed by atoms with E-state index in [9.17, 15) is 13.2 Å². The van der Waals surface area contributed by atoms with Gasteiger partial charge < -0.3 is 9.73 Å². The van der Waals surface area contributed by atoms with Gasteiger partial charge in [-0.3, -0.25) is 4.79 Å². The largest absolute Gasteiger partial charge is 0.467 e. The lowest BCUT2D eigenvalue weighted by molar-refractivity contribution is -0.119. The molecule has 0 radical (unpaired) electrons. The Labute approximate surface area is 122 Å². The molecule has 0 unspecified atom stereocenters. The predicted molar refractivity (Wildman–Crippen MR) is 75.9 cm³/mol. The maximum Gasteiger partial charge on any atom is 0.267 e. The second kappa shape index (κ2) is 6.40. The van der Waals surface area contributed by atoms with Crippen LogP contribution in [-0.4, -0.2) is 19.3 Å². The minimum Gasteiger partial charge on any atom is -0.467 e. The fourth-order valence-electron chi connectivity index (χ4n) is 1.60. The highest BCUT2D eigenvalue weighted by atomic mass is 32.2. The smallest absolute Gasteiger partial charge is 0.267 e. The molecule has 2 aromatic heterocycles. The number of furan rings is 1. The van der Waals surface area contributed by atoms with Gasteiger partial charge in [0.1, 0.15) is 16.5 Å². The highest BCUT2D eigenvalue weighted by Crippen LogP contribution is 2.18. The van der Waals surface area contributed by atoms with Gasteiger partial charge in [-0.05, 0) is 24.3 Å². The van der Waals surface area contributed by atoms with Crippen LogP contribution >= 0.6 is 0 Å². The summed E-state index contributed by atoms with van der Waals surface area (Å²) in [4.78, 5) is 15.2. The highest BCUT2D eigenvalue weighted by molar-refractivity contribution is 7.90. The second-order valence-electron chi connectivity index (χ2n) is 4.17. The second-order valence-corrected chi connectivity index (χ2v) is 5.82. The first kappa shape index (κ1) is 15.0. The minimum absolute atomic E-state index is 0.0780. The van der Waals surface area contributed by atoms with Crippen molar-refractivity contribution in [1.82, 2.24) is 9.71 Å². The van der Waals surface area contributed by atoms with Crippen LogP contribution in [0.5, 0.6) is 0 Å². The topological polar surface area (TPSA) is 101 Å². The lowest BCUT2D eigenvalue weighted by Gasteiger charge is -2.11. The molecule has 7 nitrogen and oxygen atoms in total. The number of pyridine rings is 1. The predicted octanol–water partition coefficient (Wildman–Crippen LogP) is 1.50. The molecule has 21 heavy (non-hydrogen) atoms. The molecule has 2 aromatic rings. The van der Waals surface area contributed by atoms with E-state index >= 15 is 0 Å². The van der Waals surface area contributed by atoms with Crippen molar-refractivity contribution < 1.29 is 17.6 Å². The van der Waals surface area contributed by atoms with Gasteiger partial charge in [0.2, 0.25) is 5.91 Å². The Morgan fingerprint density at radius 3 is 2.81 bits per heavy atom. The summed E-state index contributed by atoms with van der Waals surface area (Å²) in [5.74, 6) is 0.225. The Balaban J connectivity index is 2.22. The summed E-state index contributed by atoms with van der Waals surface area (Å²) in [6.07, 6.45) is 3.06. The molecule has 2 heterocycles. The van der Waals surface area contributed by atoms with E-state index < -0.39 is 15.9 Å². The summed E-state index contributed by atoms with van der Waals surface area (Å²) in [5, 5.41) is 2.88. The third kappa shape index (κ3) is 3.82. The number of anilines is 1. The Kier molecular flexibility index (Phi) is 4.59. The van der Waals surface area contributed by atoms with Gasteiger partial charge in [-0.25, -0.2) is 18.1 Å². The van der Waals surface area contributed by atoms with E-state index in [0.29, 0.717) is 5.76 Å². The third-order valence-electron chi connectivity index (χ3n) is 2.64. The zero-order valence-electron chi connectivity index (χ0n) is 11.4. The molecule has 0 bridgehead atoms. The normalized spacial score (nSPS) is 11.1. The molecule has 112 valence electrons. The Bertz CT molecular complexity index is 711. The standard InChI is InChI=1S/C13H15N3O4S/c1-2-12(17)16-21(18,19)11-6-3-7-14-13(11)15-9-10-5-4-8-20-10/h3-8H,2,9H2,1H3,(H,14,15)(H,16,17). The van der Waals surface area contributed by atoms with Crippen LogP contribution in [0, 0.1) is 0 Å². The molecule has 2 rings (SSSR count). The average molecular weight is 309 g/mol. The highest BCUT2D eigenvalue weighted by Gasteiger charge is 2.21. The lowest BCUT2D eigenvalue weighted by atomic mass is 10.4. The fourth-order valence-corrected chi connectivity index (χ4v) is 2.79. The number of nitrogens with one attached hydrogen (secondary N) is 2. The molecule has 0 atom stereocenters. The molecule has 1 amide bonds. The number of hydrogen-bond donors (Lipinski definition) is 2. The summed E-state index contributed by atoms with van der Waals surface area (Å²) in [7, 11) is -3.95. The third-order valence-corrected chi connectivity index (χ3v) is 4.04. The SMILES string of the molecule is CCC(=O)NS(=O)(=O)c1cccnc1NCc1ccco1. The van der Waals surface area contributed by atoms with Gasteiger partial charge in [-0.2, -0.15) is 0 Å². The minimum atomic E-state index is -3.95. The molecule has 0 fully saturated rings. The molecule has 8 heteroatoms. The van der Waals surface area contributed by atoms with Crippen molar-refractivity contribution in [2.24, 2.45) is 0 Å². The van der Waals surface area contributed by atoms with Gasteiger partial charge in [-0.15, -0.1) is 0 Å². The van der Waals surface area contributed by atoms with E-state index in [-0.39, 0.29) is 23.7 Å². The summed E-state index contributed by atoms with van der Waals surface area (Å²) >= 11 is 0. The van der Waals surface area contributed by atoms with Gasteiger partial charge in [0.15, 0.2) is 0 Å². The number of sulfonamides is 1. The quantitative estimate of drug-likeness (QED) is 0.838. The fraction of sp³-hybridized carbons (Fsp3) is 0.231. The molecule has 0 saturated carbocycles. The van der Waals surface area contributed by atoms with Crippen molar-refractivity contribution in [1.29, 1.82) is 0 Å². The average Bonchev–Trinajstić information content (AvgIpc) is 2.98. The molecule has 0 aromatic carbocycles. The summed E-state index contributed by atoms with van der Waals surface area (Å²) in [5.41, 5.74) is 0. The van der Waals surface area contributed by atoms with Crippen LogP contribution in [0.15, 0.2) is 46.0 Å². The number of carbonyl (C=O) groups is 1. The Hall–Kier alpha value is -2.35. The molecule has 0 spiro atoms. The van der Waals surface area contributed by atoms with Crippen LogP contribution in [0.3, 0.4) is 0 Å². The number of hydrogen-bond acceptors (Lipinski definition) is 6. The molecular formula is C13H15N3O4S. The van der Waals surface area contributed by atoms with Crippen LogP contribution in [0.2, 0.25) is 0 Å². The van der Waals surface area contributed by atoms with Gasteiger partial charge in [-0.1, -0.05) is 6.92 Å². The lowest BCUT2D eigenvalue weighted by Crippen LogP contribution is -2.30. The van der Waals surface area contributed by atoms with E-state index in [1.165, 1.54) is 24.6 Å². The summed E-state index contributed by atoms with van der Waals surface area (Å²) in [6, 6.07) is 6.35. The molecule has 0 aliphatic rings. The van der Waals surface area contributed by atoms with Gasteiger partial charge in [0, 0.05) is 12.6 Å². The van der Waals surface area contributed by atoms with Crippen LogP contribution in [0.4, 0.5) is 5.82 Å². The van der Waals surface area contributed by atoms with Crippen LogP contribution in [-0.2, 0) is 21.4 Å². The molecular weight excluding hydrogens is 294 g/mol. The first-order valence-corrected chi connectivity index (χ1v) is 7.78. The molecule has 0 aliphatic carbocycles. The molecule has 2 N–H and O–H groups in total. The number of carbonyl (C=O) groups excluding carboxylic acids is 1. The van der Waals surface area contributed by atoms with E-state index in [4.69, 9.17) is 4.42 Å². The van der Waals surface area contributed by atoms with Gasteiger partial charge >= 0.3 is 0 Å². The first-order valence-electron chi connectivity index (χ1n) is 6.30. The van der Waals surface area contributed by atoms with Gasteiger partial charge in [0.05, 0.1) is 12.8 Å². The maximum atomic E-state index is 12.1. The first-order chi connectivity index (χ1) is 10.0. The van der Waals surface area contributed by atoms with Crippen LogP contribution in [0.25, 0.3) is 0 Å². The summed E-state index contributed by atoms with van der Waals surface area (Å²) < 4.78 is 31.4. The van der Waals surface area contributed by atoms with Gasteiger partial charge in [0.25, 0.3) is 10.0 Å². The maximum absolute atomic E-state index is 12.1. The van der Waals surface area contributed by atoms with Crippen molar-refractivity contribution in [3.05, 3.63) is 42.5 Å². The number of nitrogens with zero attached hydrogens (tertiary/aromatic N) is 1. The number of rotatable bonds is 6. The van der Waals surface area contributed by atoms with Crippen molar-refractivity contribution in [2.75, 3.05) is 5.32 Å².